The van der Waals surface area contributed by atoms with Gasteiger partial charge >= 0.3 is 5.97 Å². The minimum Gasteiger partial charge on any atom is -0.469 e. The third-order valence-corrected chi connectivity index (χ3v) is 5.13. The summed E-state index contributed by atoms with van der Waals surface area (Å²) in [5, 5.41) is 0. The van der Waals surface area contributed by atoms with Gasteiger partial charge in [0.2, 0.25) is 0 Å². The van der Waals surface area contributed by atoms with Crippen molar-refractivity contribution in [1.29, 1.82) is 0 Å². The molecule has 24 heavy (non-hydrogen) atoms. The Balaban J connectivity index is 1.82. The van der Waals surface area contributed by atoms with Gasteiger partial charge in [-0.25, -0.2) is 4.39 Å². The Morgan fingerprint density at radius 3 is 2.67 bits per heavy atom. The third-order valence-electron chi connectivity index (χ3n) is 4.52. The van der Waals surface area contributed by atoms with Crippen LogP contribution in [0.2, 0.25) is 0 Å². The zero-order chi connectivity index (χ0) is 17.1. The van der Waals surface area contributed by atoms with Gasteiger partial charge in [0.1, 0.15) is 5.82 Å². The van der Waals surface area contributed by atoms with Crippen molar-refractivity contribution in [2.45, 2.75) is 12.5 Å². The van der Waals surface area contributed by atoms with Crippen molar-refractivity contribution >= 4 is 21.9 Å². The highest BCUT2D eigenvalue weighted by atomic mass is 79.9. The van der Waals surface area contributed by atoms with Gasteiger partial charge in [-0.05, 0) is 39.2 Å². The summed E-state index contributed by atoms with van der Waals surface area (Å²) in [4.78, 5) is 14.5. The summed E-state index contributed by atoms with van der Waals surface area (Å²) < 4.78 is 18.9. The van der Waals surface area contributed by atoms with E-state index in [-0.39, 0.29) is 23.6 Å². The van der Waals surface area contributed by atoms with Crippen LogP contribution in [0.15, 0.2) is 53.0 Å². The Bertz CT molecular complexity index is 723. The summed E-state index contributed by atoms with van der Waals surface area (Å²) in [6.07, 6.45) is 0. The van der Waals surface area contributed by atoms with Crippen LogP contribution in [-0.4, -0.2) is 31.1 Å². The summed E-state index contributed by atoms with van der Waals surface area (Å²) in [6.45, 7) is 2.17. The lowest BCUT2D eigenvalue weighted by atomic mass is 9.89. The highest BCUT2D eigenvalue weighted by Gasteiger charge is 2.39. The van der Waals surface area contributed by atoms with Gasteiger partial charge in [-0.2, -0.15) is 0 Å². The lowest BCUT2D eigenvalue weighted by molar-refractivity contribution is -0.145. The van der Waals surface area contributed by atoms with Crippen LogP contribution in [-0.2, 0) is 16.1 Å². The molecule has 1 saturated heterocycles. The number of esters is 1. The minimum absolute atomic E-state index is 0.00179. The van der Waals surface area contributed by atoms with Crippen LogP contribution < -0.4 is 0 Å². The molecule has 0 bridgehead atoms. The molecule has 0 N–H and O–H groups in total. The number of hydrogen-bond acceptors (Lipinski definition) is 3. The van der Waals surface area contributed by atoms with Crippen LogP contribution in [0.1, 0.15) is 17.0 Å². The number of likely N-dealkylation sites (tertiary alicyclic amines) is 1. The van der Waals surface area contributed by atoms with E-state index in [9.17, 15) is 9.18 Å². The molecule has 2 atom stereocenters. The molecular weight excluding hydrogens is 373 g/mol. The third kappa shape index (κ3) is 3.68. The van der Waals surface area contributed by atoms with Crippen molar-refractivity contribution in [1.82, 2.24) is 4.90 Å². The second kappa shape index (κ2) is 7.45. The zero-order valence-corrected chi connectivity index (χ0v) is 15.0. The maximum Gasteiger partial charge on any atom is 0.310 e. The summed E-state index contributed by atoms with van der Waals surface area (Å²) >= 11 is 3.23. The van der Waals surface area contributed by atoms with Crippen LogP contribution in [0, 0.1) is 11.7 Å². The summed E-state index contributed by atoms with van der Waals surface area (Å²) in [5.74, 6) is -0.752. The zero-order valence-electron chi connectivity index (χ0n) is 13.4. The molecule has 2 aromatic rings. The first-order valence-corrected chi connectivity index (χ1v) is 8.67. The van der Waals surface area contributed by atoms with E-state index >= 15 is 0 Å². The average Bonchev–Trinajstić information content (AvgIpc) is 3.01. The number of methoxy groups -OCH3 is 1. The molecular formula is C19H19BrFNO2. The van der Waals surface area contributed by atoms with E-state index in [2.05, 4.69) is 33.0 Å². The second-order valence-electron chi connectivity index (χ2n) is 6.09. The van der Waals surface area contributed by atoms with Crippen LogP contribution in [0.25, 0.3) is 0 Å². The van der Waals surface area contributed by atoms with Crippen molar-refractivity contribution in [2.24, 2.45) is 5.92 Å². The number of carbonyl (C=O) groups is 1. The van der Waals surface area contributed by atoms with Crippen molar-refractivity contribution in [3.63, 3.8) is 0 Å². The summed E-state index contributed by atoms with van der Waals surface area (Å²) in [7, 11) is 1.42. The number of rotatable bonds is 4. The Hall–Kier alpha value is -1.72. The highest BCUT2D eigenvalue weighted by molar-refractivity contribution is 9.10. The Labute approximate surface area is 149 Å². The van der Waals surface area contributed by atoms with Crippen LogP contribution in [0.3, 0.4) is 0 Å². The quantitative estimate of drug-likeness (QED) is 0.738. The number of benzene rings is 2. The van der Waals surface area contributed by atoms with Gasteiger partial charge in [-0.1, -0.05) is 36.4 Å². The summed E-state index contributed by atoms with van der Waals surface area (Å²) in [5.41, 5.74) is 2.16. The van der Waals surface area contributed by atoms with Gasteiger partial charge in [0.05, 0.1) is 17.5 Å². The van der Waals surface area contributed by atoms with Crippen molar-refractivity contribution in [3.8, 4) is 0 Å². The van der Waals surface area contributed by atoms with Crippen LogP contribution >= 0.6 is 15.9 Å². The highest BCUT2D eigenvalue weighted by Crippen LogP contribution is 2.35. The summed E-state index contributed by atoms with van der Waals surface area (Å²) in [6, 6.07) is 15.1. The van der Waals surface area contributed by atoms with Gasteiger partial charge in [0.25, 0.3) is 0 Å². The van der Waals surface area contributed by atoms with Gasteiger partial charge in [0.15, 0.2) is 0 Å². The number of hydrogen-bond donors (Lipinski definition) is 0. The minimum atomic E-state index is -0.299. The molecule has 0 amide bonds. The first-order chi connectivity index (χ1) is 11.6. The molecule has 0 spiro atoms. The lowest BCUT2D eigenvalue weighted by Gasteiger charge is -2.17. The standard InChI is InChI=1S/C19H19BrFNO2/c1-24-19(23)16-12-22(10-13-5-3-2-4-6-13)11-15(16)14-7-8-18(21)17(20)9-14/h2-9,15-16H,10-12H2,1H3. The molecule has 1 heterocycles. The fraction of sp³-hybridized carbons (Fsp3) is 0.316. The molecule has 126 valence electrons. The molecule has 0 aliphatic carbocycles. The molecule has 2 aromatic carbocycles. The van der Waals surface area contributed by atoms with Crippen molar-refractivity contribution in [2.75, 3.05) is 20.2 Å². The second-order valence-corrected chi connectivity index (χ2v) is 6.94. The number of nitrogens with zero attached hydrogens (tertiary/aromatic N) is 1. The molecule has 1 aliphatic rings. The molecule has 0 aromatic heterocycles. The molecule has 3 nitrogen and oxygen atoms in total. The largest absolute Gasteiger partial charge is 0.469 e. The normalized spacial score (nSPS) is 21.0. The maximum absolute atomic E-state index is 13.5. The Kier molecular flexibility index (Phi) is 5.31. The van der Waals surface area contributed by atoms with E-state index in [4.69, 9.17) is 4.74 Å². The Morgan fingerprint density at radius 1 is 1.25 bits per heavy atom. The van der Waals surface area contributed by atoms with Crippen molar-refractivity contribution in [3.05, 3.63) is 69.9 Å². The molecule has 3 rings (SSSR count). The lowest BCUT2D eigenvalue weighted by Crippen LogP contribution is -2.24. The van der Waals surface area contributed by atoms with Crippen molar-refractivity contribution < 1.29 is 13.9 Å². The van der Waals surface area contributed by atoms with E-state index in [0.717, 1.165) is 18.7 Å². The Morgan fingerprint density at radius 2 is 2.00 bits per heavy atom. The molecule has 5 heteroatoms. The molecule has 1 fully saturated rings. The molecule has 2 unspecified atom stereocenters. The van der Waals surface area contributed by atoms with E-state index in [1.165, 1.54) is 18.7 Å². The number of ether oxygens (including phenoxy) is 1. The maximum atomic E-state index is 13.5. The monoisotopic (exact) mass is 391 g/mol. The van der Waals surface area contributed by atoms with Gasteiger partial charge in [0, 0.05) is 25.6 Å². The van der Waals surface area contributed by atoms with Gasteiger partial charge in [-0.15, -0.1) is 0 Å². The first-order valence-electron chi connectivity index (χ1n) is 7.87. The fourth-order valence-electron chi connectivity index (χ4n) is 3.33. The first kappa shape index (κ1) is 17.1. The van der Waals surface area contributed by atoms with E-state index in [0.29, 0.717) is 11.0 Å². The number of halogens is 2. The smallest absolute Gasteiger partial charge is 0.310 e. The SMILES string of the molecule is COC(=O)C1CN(Cc2ccccc2)CC1c1ccc(F)c(Br)c1. The predicted octanol–water partition coefficient (Wildman–Crippen LogP) is 3.98. The van der Waals surface area contributed by atoms with E-state index in [1.807, 2.05) is 18.2 Å². The molecule has 0 radical (unpaired) electrons. The van der Waals surface area contributed by atoms with Gasteiger partial charge in [-0.3, -0.25) is 9.69 Å². The molecule has 0 saturated carbocycles. The fourth-order valence-corrected chi connectivity index (χ4v) is 3.72. The number of carbonyl (C=O) groups excluding carboxylic acids is 1. The van der Waals surface area contributed by atoms with E-state index in [1.54, 1.807) is 12.1 Å². The average molecular weight is 392 g/mol. The topological polar surface area (TPSA) is 29.5 Å². The van der Waals surface area contributed by atoms with Crippen LogP contribution in [0.5, 0.6) is 0 Å². The van der Waals surface area contributed by atoms with Crippen LogP contribution in [0.4, 0.5) is 4.39 Å². The predicted molar refractivity (Wildman–Crippen MR) is 94.1 cm³/mol. The molecule has 1 aliphatic heterocycles. The van der Waals surface area contributed by atoms with E-state index < -0.39 is 0 Å². The van der Waals surface area contributed by atoms with Gasteiger partial charge < -0.3 is 4.74 Å².